The highest BCUT2D eigenvalue weighted by Gasteiger charge is 2.34. The number of halogens is 2. The molecule has 1 saturated heterocycles. The van der Waals surface area contributed by atoms with E-state index in [1.165, 1.54) is 13.1 Å². The molecule has 2 fully saturated rings. The maximum Gasteiger partial charge on any atom is 0.290 e. The van der Waals surface area contributed by atoms with Crippen molar-refractivity contribution in [3.63, 3.8) is 0 Å². The van der Waals surface area contributed by atoms with Crippen LogP contribution in [0.1, 0.15) is 39.0 Å². The summed E-state index contributed by atoms with van der Waals surface area (Å²) in [6.45, 7) is 4.97. The Hall–Kier alpha value is -1.21. The molecule has 0 amide bonds. The Labute approximate surface area is 136 Å². The number of hydrogen-bond acceptors (Lipinski definition) is 5. The summed E-state index contributed by atoms with van der Waals surface area (Å²) in [7, 11) is 0. The van der Waals surface area contributed by atoms with Crippen molar-refractivity contribution in [1.82, 2.24) is 10.2 Å². The third-order valence-electron chi connectivity index (χ3n) is 4.83. The zero-order valence-electron chi connectivity index (χ0n) is 13.8. The van der Waals surface area contributed by atoms with E-state index in [4.69, 9.17) is 15.9 Å². The van der Waals surface area contributed by atoms with E-state index in [0.717, 1.165) is 52.0 Å². The van der Waals surface area contributed by atoms with E-state index < -0.39 is 18.1 Å². The summed E-state index contributed by atoms with van der Waals surface area (Å²) in [5.41, 5.74) is 4.64. The van der Waals surface area contributed by atoms with Crippen molar-refractivity contribution in [2.24, 2.45) is 5.73 Å². The van der Waals surface area contributed by atoms with Crippen LogP contribution in [0.25, 0.3) is 0 Å². The summed E-state index contributed by atoms with van der Waals surface area (Å²) < 4.78 is 32.2. The van der Waals surface area contributed by atoms with E-state index >= 15 is 0 Å². The predicted molar refractivity (Wildman–Crippen MR) is 86.8 cm³/mol. The maximum atomic E-state index is 13.4. The van der Waals surface area contributed by atoms with Crippen molar-refractivity contribution in [2.45, 2.75) is 57.0 Å². The molecule has 1 aliphatic carbocycles. The summed E-state index contributed by atoms with van der Waals surface area (Å²) in [6, 6.07) is 0.842. The Morgan fingerprint density at radius 2 is 1.91 bits per heavy atom. The summed E-state index contributed by atoms with van der Waals surface area (Å²) in [5.74, 6) is -3.16. The van der Waals surface area contributed by atoms with E-state index in [1.54, 1.807) is 0 Å². The first-order valence-electron chi connectivity index (χ1n) is 8.44. The molecule has 1 saturated carbocycles. The fraction of sp³-hybridized carbons (Fsp3) is 0.812. The van der Waals surface area contributed by atoms with E-state index in [2.05, 4.69) is 10.2 Å². The first-order chi connectivity index (χ1) is 10.9. The average Bonchev–Trinajstić information content (AvgIpc) is 2.60. The fourth-order valence-electron chi connectivity index (χ4n) is 3.22. The van der Waals surface area contributed by atoms with Crippen molar-refractivity contribution >= 4 is 5.71 Å². The molecule has 0 aromatic rings. The molecule has 0 bridgehead atoms. The average molecular weight is 330 g/mol. The maximum absolute atomic E-state index is 13.4. The highest BCUT2D eigenvalue weighted by molar-refractivity contribution is 6.02. The van der Waals surface area contributed by atoms with Crippen molar-refractivity contribution in [3.8, 4) is 0 Å². The molecule has 0 radical (unpaired) electrons. The number of rotatable bonds is 6. The fourth-order valence-corrected chi connectivity index (χ4v) is 3.22. The van der Waals surface area contributed by atoms with Gasteiger partial charge in [-0.05, 0) is 25.7 Å². The molecular weight excluding hydrogens is 302 g/mol. The number of nitrogens with two attached hydrogens (primary N) is 1. The molecule has 1 heterocycles. The van der Waals surface area contributed by atoms with Gasteiger partial charge in [-0.25, -0.2) is 0 Å². The Balaban J connectivity index is 1.77. The first kappa shape index (κ1) is 18.1. The zero-order chi connectivity index (χ0) is 16.9. The number of nitrogens with one attached hydrogen (secondary N) is 2. The smallest absolute Gasteiger partial charge is 0.290 e. The van der Waals surface area contributed by atoms with Gasteiger partial charge in [0.25, 0.3) is 5.92 Å². The van der Waals surface area contributed by atoms with E-state index in [0.29, 0.717) is 6.04 Å². The Morgan fingerprint density at radius 1 is 1.30 bits per heavy atom. The van der Waals surface area contributed by atoms with E-state index in [9.17, 15) is 8.78 Å². The van der Waals surface area contributed by atoms with E-state index in [1.807, 2.05) is 0 Å². The van der Waals surface area contributed by atoms with Crippen LogP contribution in [0.5, 0.6) is 0 Å². The molecule has 23 heavy (non-hydrogen) atoms. The van der Waals surface area contributed by atoms with Gasteiger partial charge in [0.15, 0.2) is 0 Å². The molecule has 0 spiro atoms. The lowest BCUT2D eigenvalue weighted by Crippen LogP contribution is -2.46. The third-order valence-corrected chi connectivity index (χ3v) is 4.83. The van der Waals surface area contributed by atoms with Crippen LogP contribution in [0.3, 0.4) is 0 Å². The normalized spacial score (nSPS) is 27.7. The van der Waals surface area contributed by atoms with Crippen LogP contribution in [-0.4, -0.2) is 54.9 Å². The van der Waals surface area contributed by atoms with Crippen molar-refractivity contribution < 1.29 is 13.5 Å². The second-order valence-electron chi connectivity index (χ2n) is 6.35. The molecule has 132 valence electrons. The molecule has 0 aromatic carbocycles. The lowest BCUT2D eigenvalue weighted by atomic mass is 9.90. The number of nitrogens with zero attached hydrogens (tertiary/aromatic N) is 1. The van der Waals surface area contributed by atoms with Gasteiger partial charge in [-0.15, -0.1) is 0 Å². The lowest BCUT2D eigenvalue weighted by molar-refractivity contribution is 0.00689. The summed E-state index contributed by atoms with van der Waals surface area (Å²) in [4.78, 5) is 2.49. The number of hydrogen-bond donors (Lipinski definition) is 3. The third kappa shape index (κ3) is 4.88. The first-order valence-corrected chi connectivity index (χ1v) is 8.44. The highest BCUT2D eigenvalue weighted by Crippen LogP contribution is 2.24. The lowest BCUT2D eigenvalue weighted by Gasteiger charge is -2.38. The predicted octanol–water partition coefficient (Wildman–Crippen LogP) is 2.08. The molecule has 2 rings (SSSR count). The standard InChI is InChI=1S/C16H28F2N4O/c1-2-16(17,18)15(20)14(19)11-21-12-3-5-13(6-4-12)22-7-9-23-10-8-22/h11-13,20-21H,2-10,19H2,1H3/b14-11+,20-15?/t12-,13-. The zero-order valence-corrected chi connectivity index (χ0v) is 13.8. The molecular formula is C16H28F2N4O. The molecule has 1 aliphatic heterocycles. The molecule has 0 aromatic heterocycles. The Kier molecular flexibility index (Phi) is 6.35. The van der Waals surface area contributed by atoms with Gasteiger partial charge in [-0.3, -0.25) is 10.3 Å². The van der Waals surface area contributed by atoms with Gasteiger partial charge in [-0.2, -0.15) is 8.78 Å². The summed E-state index contributed by atoms with van der Waals surface area (Å²) in [6.07, 6.45) is 5.13. The highest BCUT2D eigenvalue weighted by atomic mass is 19.3. The van der Waals surface area contributed by atoms with Crippen LogP contribution < -0.4 is 11.1 Å². The summed E-state index contributed by atoms with van der Waals surface area (Å²) in [5, 5.41) is 10.6. The van der Waals surface area contributed by atoms with Crippen LogP contribution in [0.2, 0.25) is 0 Å². The van der Waals surface area contributed by atoms with Crippen molar-refractivity contribution in [2.75, 3.05) is 26.3 Å². The molecule has 2 aliphatic rings. The van der Waals surface area contributed by atoms with Gasteiger partial charge in [0.05, 0.1) is 18.9 Å². The molecule has 7 heteroatoms. The van der Waals surface area contributed by atoms with E-state index in [-0.39, 0.29) is 11.7 Å². The second kappa shape index (κ2) is 8.06. The van der Waals surface area contributed by atoms with Crippen molar-refractivity contribution in [1.29, 1.82) is 5.41 Å². The Morgan fingerprint density at radius 3 is 2.48 bits per heavy atom. The quantitative estimate of drug-likeness (QED) is 0.652. The van der Waals surface area contributed by atoms with Crippen LogP contribution in [0.15, 0.2) is 11.9 Å². The minimum atomic E-state index is -3.16. The summed E-state index contributed by atoms with van der Waals surface area (Å²) >= 11 is 0. The van der Waals surface area contributed by atoms with Crippen LogP contribution in [-0.2, 0) is 4.74 Å². The number of allylic oxidation sites excluding steroid dienone is 1. The second-order valence-corrected chi connectivity index (χ2v) is 6.35. The molecule has 0 atom stereocenters. The largest absolute Gasteiger partial charge is 0.396 e. The molecule has 0 unspecified atom stereocenters. The minimum absolute atomic E-state index is 0.174. The number of morpholine rings is 1. The van der Waals surface area contributed by atoms with Gasteiger partial charge in [0, 0.05) is 37.8 Å². The van der Waals surface area contributed by atoms with Crippen molar-refractivity contribution in [3.05, 3.63) is 11.9 Å². The SMILES string of the molecule is CCC(F)(F)C(=N)/C(N)=C\N[C@H]1CC[C@H](N2CCOCC2)CC1. The number of ether oxygens (including phenoxy) is 1. The molecule has 5 nitrogen and oxygen atoms in total. The van der Waals surface area contributed by atoms with Gasteiger partial charge >= 0.3 is 0 Å². The Bertz CT molecular complexity index is 428. The topological polar surface area (TPSA) is 74.4 Å². The van der Waals surface area contributed by atoms with Gasteiger partial charge in [-0.1, -0.05) is 6.92 Å². The van der Waals surface area contributed by atoms with Gasteiger partial charge in [0.2, 0.25) is 0 Å². The van der Waals surface area contributed by atoms with Crippen LogP contribution >= 0.6 is 0 Å². The number of alkyl halides is 2. The minimum Gasteiger partial charge on any atom is -0.396 e. The van der Waals surface area contributed by atoms with Gasteiger partial charge in [0.1, 0.15) is 5.71 Å². The van der Waals surface area contributed by atoms with Crippen LogP contribution in [0, 0.1) is 5.41 Å². The van der Waals surface area contributed by atoms with Gasteiger partial charge < -0.3 is 15.8 Å². The molecule has 4 N–H and O–H groups in total. The van der Waals surface area contributed by atoms with Crippen LogP contribution in [0.4, 0.5) is 8.78 Å². The monoisotopic (exact) mass is 330 g/mol.